The van der Waals surface area contributed by atoms with Crippen LogP contribution < -0.4 is 15.5 Å². The van der Waals surface area contributed by atoms with Gasteiger partial charge in [-0.3, -0.25) is 10.1 Å². The lowest BCUT2D eigenvalue weighted by atomic mass is 10.0. The van der Waals surface area contributed by atoms with Gasteiger partial charge in [0.05, 0.1) is 12.1 Å². The number of hydrogen-bond donors (Lipinski definition) is 2. The number of likely N-dealkylation sites (N-methyl/N-ethyl adjacent to an activating group) is 1. The van der Waals surface area contributed by atoms with Gasteiger partial charge in [-0.25, -0.2) is 4.39 Å². The Bertz CT molecular complexity index is 600. The van der Waals surface area contributed by atoms with Crippen molar-refractivity contribution in [2.45, 2.75) is 19.0 Å². The molecule has 0 aliphatic carbocycles. The van der Waals surface area contributed by atoms with Crippen LogP contribution in [0.5, 0.6) is 0 Å². The van der Waals surface area contributed by atoms with Crippen molar-refractivity contribution in [2.24, 2.45) is 0 Å². The van der Waals surface area contributed by atoms with Crippen LogP contribution in [0.3, 0.4) is 0 Å². The highest BCUT2D eigenvalue weighted by Gasteiger charge is 2.26. The summed E-state index contributed by atoms with van der Waals surface area (Å²) in [5, 5.41) is 6.20. The molecule has 2 atom stereocenters. The van der Waals surface area contributed by atoms with E-state index in [1.54, 1.807) is 17.8 Å². The number of benzene rings is 1. The average Bonchev–Trinajstić information content (AvgIpc) is 3.10. The largest absolute Gasteiger partial charge is 0.369 e. The molecule has 2 saturated heterocycles. The van der Waals surface area contributed by atoms with Crippen LogP contribution in [0.1, 0.15) is 18.5 Å². The fourth-order valence-electron chi connectivity index (χ4n) is 3.16. The quantitative estimate of drug-likeness (QED) is 0.722. The number of nitrogens with zero attached hydrogens (tertiary/aromatic N) is 2. The molecule has 2 heterocycles. The van der Waals surface area contributed by atoms with Crippen molar-refractivity contribution in [3.8, 4) is 0 Å². The van der Waals surface area contributed by atoms with Gasteiger partial charge in [0.25, 0.3) is 0 Å². The lowest BCUT2D eigenvalue weighted by molar-refractivity contribution is -0.123. The van der Waals surface area contributed by atoms with Gasteiger partial charge in [-0.2, -0.15) is 0 Å². The zero-order chi connectivity index (χ0) is 17.1. The molecule has 1 unspecified atom stereocenters. The monoisotopic (exact) mass is 460 g/mol. The molecule has 1 aromatic carbocycles. The maximum atomic E-state index is 13.8. The van der Waals surface area contributed by atoms with Gasteiger partial charge in [0.15, 0.2) is 0 Å². The molecular formula is C17H28Cl3FN4OS. The van der Waals surface area contributed by atoms with Crippen molar-refractivity contribution in [1.29, 1.82) is 0 Å². The average molecular weight is 462 g/mol. The first kappa shape index (κ1) is 26.6. The van der Waals surface area contributed by atoms with E-state index in [4.69, 9.17) is 0 Å². The van der Waals surface area contributed by atoms with Crippen LogP contribution in [-0.4, -0.2) is 61.7 Å². The van der Waals surface area contributed by atoms with Crippen molar-refractivity contribution in [3.63, 3.8) is 0 Å². The highest BCUT2D eigenvalue weighted by molar-refractivity contribution is 7.99. The number of hydrogen-bond acceptors (Lipinski definition) is 5. The number of carbonyl (C=O) groups is 1. The van der Waals surface area contributed by atoms with Gasteiger partial charge < -0.3 is 15.1 Å². The summed E-state index contributed by atoms with van der Waals surface area (Å²) in [5.74, 6) is 1.31. The first-order valence-corrected chi connectivity index (χ1v) is 9.54. The minimum Gasteiger partial charge on any atom is -0.369 e. The molecule has 0 bridgehead atoms. The molecule has 2 aliphatic rings. The van der Waals surface area contributed by atoms with E-state index in [1.165, 1.54) is 6.07 Å². The van der Waals surface area contributed by atoms with E-state index in [-0.39, 0.29) is 61.0 Å². The third-order valence-electron chi connectivity index (χ3n) is 4.69. The fourth-order valence-corrected chi connectivity index (χ4v) is 4.10. The molecule has 0 saturated carbocycles. The predicted octanol–water partition coefficient (Wildman–Crippen LogP) is 2.68. The maximum absolute atomic E-state index is 13.8. The third kappa shape index (κ3) is 6.84. The molecule has 3 rings (SSSR count). The van der Waals surface area contributed by atoms with Crippen LogP contribution in [0, 0.1) is 5.82 Å². The Hall–Kier alpha value is -0.440. The Morgan fingerprint density at radius 1 is 1.26 bits per heavy atom. The second kappa shape index (κ2) is 12.2. The molecule has 156 valence electrons. The minimum absolute atomic E-state index is 0. The van der Waals surface area contributed by atoms with Crippen molar-refractivity contribution < 1.29 is 9.18 Å². The molecule has 2 N–H and O–H groups in total. The van der Waals surface area contributed by atoms with E-state index < -0.39 is 0 Å². The lowest BCUT2D eigenvalue weighted by Crippen LogP contribution is -2.46. The Morgan fingerprint density at radius 2 is 1.93 bits per heavy atom. The first-order valence-electron chi connectivity index (χ1n) is 8.39. The molecule has 27 heavy (non-hydrogen) atoms. The third-order valence-corrected chi connectivity index (χ3v) is 5.63. The molecule has 1 aromatic rings. The molecule has 5 nitrogen and oxygen atoms in total. The van der Waals surface area contributed by atoms with Gasteiger partial charge in [-0.15, -0.1) is 49.0 Å². The summed E-state index contributed by atoms with van der Waals surface area (Å²) >= 11 is 1.72. The van der Waals surface area contributed by atoms with Gasteiger partial charge >= 0.3 is 0 Å². The number of rotatable bonds is 4. The number of amides is 1. The molecule has 1 amide bonds. The summed E-state index contributed by atoms with van der Waals surface area (Å²) in [6.45, 7) is 5.73. The van der Waals surface area contributed by atoms with E-state index in [9.17, 15) is 9.18 Å². The van der Waals surface area contributed by atoms with Crippen LogP contribution in [0.15, 0.2) is 18.2 Å². The van der Waals surface area contributed by atoms with Gasteiger partial charge in [-0.05, 0) is 32.2 Å². The number of halogens is 4. The maximum Gasteiger partial charge on any atom is 0.238 e. The standard InChI is InChI=1S/C17H25FN4OS.3ClH/c1-12(20-17(23)15-10-24-11-19-15)14-9-13(18)3-4-16(14)22-7-5-21(2)6-8-22;;;/h3-4,9,12,15,19H,5-8,10-11H2,1-2H3,(H,20,23);3*1H/t12?,15-;;;/m1.../s1. The van der Waals surface area contributed by atoms with E-state index >= 15 is 0 Å². The SMILES string of the molecule is CC(NC(=O)[C@H]1CSCN1)c1cc(F)ccc1N1CCN(C)CC1.Cl.Cl.Cl. The van der Waals surface area contributed by atoms with Gasteiger partial charge in [0.2, 0.25) is 5.91 Å². The number of carbonyl (C=O) groups excluding carboxylic acids is 1. The smallest absolute Gasteiger partial charge is 0.238 e. The minimum atomic E-state index is -0.265. The van der Waals surface area contributed by atoms with Crippen LogP contribution in [0.4, 0.5) is 10.1 Å². The Kier molecular flexibility index (Phi) is 12.0. The fraction of sp³-hybridized carbons (Fsp3) is 0.588. The van der Waals surface area contributed by atoms with Crippen LogP contribution in [-0.2, 0) is 4.79 Å². The van der Waals surface area contributed by atoms with Gasteiger partial charge in [0.1, 0.15) is 5.82 Å². The van der Waals surface area contributed by atoms with Crippen molar-refractivity contribution in [2.75, 3.05) is 49.8 Å². The number of thioether (sulfide) groups is 1. The van der Waals surface area contributed by atoms with Crippen LogP contribution >= 0.6 is 49.0 Å². The molecule has 2 fully saturated rings. The molecule has 10 heteroatoms. The van der Waals surface area contributed by atoms with Gasteiger partial charge in [0, 0.05) is 49.1 Å². The second-order valence-electron chi connectivity index (χ2n) is 6.50. The van der Waals surface area contributed by atoms with Crippen molar-refractivity contribution in [3.05, 3.63) is 29.6 Å². The first-order chi connectivity index (χ1) is 11.5. The van der Waals surface area contributed by atoms with E-state index in [0.717, 1.165) is 49.1 Å². The summed E-state index contributed by atoms with van der Waals surface area (Å²) in [5.41, 5.74) is 1.87. The topological polar surface area (TPSA) is 47.6 Å². The van der Waals surface area contributed by atoms with Crippen LogP contribution in [0.2, 0.25) is 0 Å². The summed E-state index contributed by atoms with van der Waals surface area (Å²) < 4.78 is 13.8. The lowest BCUT2D eigenvalue weighted by Gasteiger charge is -2.36. The summed E-state index contributed by atoms with van der Waals surface area (Å²) in [7, 11) is 2.11. The van der Waals surface area contributed by atoms with Crippen molar-refractivity contribution in [1.82, 2.24) is 15.5 Å². The Morgan fingerprint density at radius 3 is 2.52 bits per heavy atom. The predicted molar refractivity (Wildman–Crippen MR) is 119 cm³/mol. The summed E-state index contributed by atoms with van der Waals surface area (Å²) in [6, 6.07) is 4.51. The zero-order valence-electron chi connectivity index (χ0n) is 15.4. The van der Waals surface area contributed by atoms with Gasteiger partial charge in [-0.1, -0.05) is 0 Å². The Balaban J connectivity index is 0.00000225. The highest BCUT2D eigenvalue weighted by atomic mass is 35.5. The van der Waals surface area contributed by atoms with Crippen LogP contribution in [0.25, 0.3) is 0 Å². The molecule has 0 aromatic heterocycles. The van der Waals surface area contributed by atoms with Crippen molar-refractivity contribution >= 4 is 60.6 Å². The Labute approximate surface area is 183 Å². The molecule has 2 aliphatic heterocycles. The highest BCUT2D eigenvalue weighted by Crippen LogP contribution is 2.28. The molecular weight excluding hydrogens is 434 g/mol. The molecule has 0 radical (unpaired) electrons. The summed E-state index contributed by atoms with van der Waals surface area (Å²) in [4.78, 5) is 16.9. The number of piperazine rings is 1. The molecule has 0 spiro atoms. The summed E-state index contributed by atoms with van der Waals surface area (Å²) in [6.07, 6.45) is 0. The van der Waals surface area contributed by atoms with E-state index in [1.807, 2.05) is 13.0 Å². The second-order valence-corrected chi connectivity index (χ2v) is 7.53. The normalized spacial score (nSPS) is 20.7. The van der Waals surface area contributed by atoms with E-state index in [2.05, 4.69) is 27.5 Å². The zero-order valence-corrected chi connectivity index (χ0v) is 18.7. The van der Waals surface area contributed by atoms with E-state index in [0.29, 0.717) is 0 Å². The number of nitrogens with one attached hydrogen (secondary N) is 2. The number of anilines is 1.